The summed E-state index contributed by atoms with van der Waals surface area (Å²) in [5.41, 5.74) is 0.322. The number of non-ortho nitro benzene ring substituents is 1. The normalized spacial score (nSPS) is 17.3. The van der Waals surface area contributed by atoms with Gasteiger partial charge in [0, 0.05) is 25.2 Å². The zero-order valence-corrected chi connectivity index (χ0v) is 17.1. The highest BCUT2D eigenvalue weighted by Crippen LogP contribution is 2.26. The molecule has 0 aliphatic carbocycles. The Balaban J connectivity index is 1.45. The summed E-state index contributed by atoms with van der Waals surface area (Å²) in [6.07, 6.45) is 3.62. The van der Waals surface area contributed by atoms with Gasteiger partial charge in [-0.25, -0.2) is 4.79 Å². The number of benzene rings is 1. The fraction of sp³-hybridized carbons (Fsp3) is 0.600. The number of carbonyl (C=O) groups is 1. The van der Waals surface area contributed by atoms with Crippen molar-refractivity contribution in [2.24, 2.45) is 5.92 Å². The molecule has 2 aromatic rings. The molecule has 0 unspecified atom stereocenters. The first-order valence-corrected chi connectivity index (χ1v) is 9.87. The van der Waals surface area contributed by atoms with Crippen LogP contribution in [0.2, 0.25) is 0 Å². The van der Waals surface area contributed by atoms with E-state index < -0.39 is 10.5 Å². The molecule has 0 radical (unpaired) electrons. The molecule has 1 aliphatic heterocycles. The minimum Gasteiger partial charge on any atom is -0.450 e. The molecule has 1 atom stereocenters. The fourth-order valence-electron chi connectivity index (χ4n) is 3.39. The molecular weight excluding hydrogens is 378 g/mol. The maximum atomic E-state index is 12.2. The van der Waals surface area contributed by atoms with E-state index in [1.165, 1.54) is 18.2 Å². The monoisotopic (exact) mass is 405 g/mol. The van der Waals surface area contributed by atoms with E-state index in [-0.39, 0.29) is 17.9 Å². The zero-order valence-electron chi connectivity index (χ0n) is 17.1. The van der Waals surface area contributed by atoms with Crippen molar-refractivity contribution in [3.05, 3.63) is 28.3 Å². The van der Waals surface area contributed by atoms with Crippen molar-refractivity contribution in [1.29, 1.82) is 0 Å². The van der Waals surface area contributed by atoms with Gasteiger partial charge in [0.25, 0.3) is 5.69 Å². The number of oxazole rings is 1. The van der Waals surface area contributed by atoms with E-state index >= 15 is 0 Å². The minimum atomic E-state index is -0.488. The summed E-state index contributed by atoms with van der Waals surface area (Å²) >= 11 is 0. The number of amides is 1. The Kier molecular flexibility index (Phi) is 6.24. The predicted octanol–water partition coefficient (Wildman–Crippen LogP) is 4.54. The quantitative estimate of drug-likeness (QED) is 0.394. The third-order valence-electron chi connectivity index (χ3n) is 4.72. The standard InChI is InChI=1S/C20H27N3O6/c1-20(2,3)29-19(24)22-10-4-6-14(13-22)7-5-11-27-18-21-16-12-15(23(25)26)8-9-17(16)28-18/h8-9,12,14H,4-7,10-11,13H2,1-3H3/t14-/m0/s1. The minimum absolute atomic E-state index is 0.0378. The van der Waals surface area contributed by atoms with Gasteiger partial charge in [-0.3, -0.25) is 10.1 Å². The largest absolute Gasteiger partial charge is 0.450 e. The third-order valence-corrected chi connectivity index (χ3v) is 4.72. The van der Waals surface area contributed by atoms with Crippen LogP contribution in [-0.2, 0) is 4.74 Å². The lowest BCUT2D eigenvalue weighted by Crippen LogP contribution is -2.42. The number of ether oxygens (including phenoxy) is 2. The topological polar surface area (TPSA) is 108 Å². The van der Waals surface area contributed by atoms with Crippen molar-refractivity contribution in [2.45, 2.75) is 52.1 Å². The van der Waals surface area contributed by atoms with Gasteiger partial charge in [-0.2, -0.15) is 4.98 Å². The van der Waals surface area contributed by atoms with Crippen LogP contribution in [0.25, 0.3) is 11.1 Å². The van der Waals surface area contributed by atoms with Crippen LogP contribution >= 0.6 is 0 Å². The van der Waals surface area contributed by atoms with Crippen LogP contribution < -0.4 is 4.74 Å². The van der Waals surface area contributed by atoms with Crippen LogP contribution in [0.5, 0.6) is 6.08 Å². The maximum absolute atomic E-state index is 12.2. The molecule has 0 bridgehead atoms. The van der Waals surface area contributed by atoms with Crippen molar-refractivity contribution < 1.29 is 23.6 Å². The molecule has 3 rings (SSSR count). The number of nitro groups is 1. The molecule has 9 nitrogen and oxygen atoms in total. The second-order valence-corrected chi connectivity index (χ2v) is 8.31. The molecular formula is C20H27N3O6. The van der Waals surface area contributed by atoms with Crippen molar-refractivity contribution in [3.8, 4) is 6.08 Å². The van der Waals surface area contributed by atoms with Crippen LogP contribution in [0.4, 0.5) is 10.5 Å². The van der Waals surface area contributed by atoms with Crippen LogP contribution in [0.1, 0.15) is 46.5 Å². The Labute approximate surface area is 169 Å². The molecule has 1 aromatic heterocycles. The van der Waals surface area contributed by atoms with Crippen molar-refractivity contribution in [1.82, 2.24) is 9.88 Å². The Bertz CT molecular complexity index is 873. The highest BCUT2D eigenvalue weighted by molar-refractivity contribution is 5.75. The maximum Gasteiger partial charge on any atom is 0.410 e. The summed E-state index contributed by atoms with van der Waals surface area (Å²) in [5.74, 6) is 0.408. The SMILES string of the molecule is CC(C)(C)OC(=O)N1CCC[C@@H](CCCOc2nc3cc([N+](=O)[O-])ccc3o2)C1. The second kappa shape index (κ2) is 8.67. The molecule has 158 valence electrons. The van der Waals surface area contributed by atoms with Gasteiger partial charge >= 0.3 is 12.2 Å². The van der Waals surface area contributed by atoms with Crippen LogP contribution in [0, 0.1) is 16.0 Å². The molecule has 0 spiro atoms. The van der Waals surface area contributed by atoms with Gasteiger partial charge < -0.3 is 18.8 Å². The van der Waals surface area contributed by atoms with Gasteiger partial charge in [0.1, 0.15) is 11.1 Å². The van der Waals surface area contributed by atoms with Gasteiger partial charge in [0.05, 0.1) is 11.5 Å². The molecule has 1 saturated heterocycles. The molecule has 29 heavy (non-hydrogen) atoms. The molecule has 2 heterocycles. The fourth-order valence-corrected chi connectivity index (χ4v) is 3.39. The summed E-state index contributed by atoms with van der Waals surface area (Å²) in [6, 6.07) is 4.25. The molecule has 9 heteroatoms. The third kappa shape index (κ3) is 5.82. The van der Waals surface area contributed by atoms with E-state index in [4.69, 9.17) is 13.9 Å². The lowest BCUT2D eigenvalue weighted by atomic mass is 9.94. The van der Waals surface area contributed by atoms with E-state index in [0.29, 0.717) is 30.2 Å². The number of likely N-dealkylation sites (tertiary alicyclic amines) is 1. The van der Waals surface area contributed by atoms with Gasteiger partial charge in [0.15, 0.2) is 5.58 Å². The second-order valence-electron chi connectivity index (χ2n) is 8.31. The van der Waals surface area contributed by atoms with Gasteiger partial charge in [-0.1, -0.05) is 0 Å². The number of nitrogens with zero attached hydrogens (tertiary/aromatic N) is 3. The van der Waals surface area contributed by atoms with Crippen LogP contribution in [-0.4, -0.2) is 46.2 Å². The molecule has 1 fully saturated rings. The van der Waals surface area contributed by atoms with Crippen molar-refractivity contribution in [2.75, 3.05) is 19.7 Å². The molecule has 0 N–H and O–H groups in total. The Morgan fingerprint density at radius 2 is 2.21 bits per heavy atom. The number of nitro benzene ring substituents is 1. The van der Waals surface area contributed by atoms with Crippen molar-refractivity contribution in [3.63, 3.8) is 0 Å². The highest BCUT2D eigenvalue weighted by Gasteiger charge is 2.27. The molecule has 1 aliphatic rings. The Morgan fingerprint density at radius 3 is 2.93 bits per heavy atom. The number of piperidine rings is 1. The van der Waals surface area contributed by atoms with E-state index in [1.807, 2.05) is 20.8 Å². The van der Waals surface area contributed by atoms with Crippen molar-refractivity contribution >= 4 is 22.9 Å². The number of hydrogen-bond donors (Lipinski definition) is 0. The average molecular weight is 405 g/mol. The van der Waals surface area contributed by atoms with Gasteiger partial charge in [-0.15, -0.1) is 0 Å². The number of rotatable bonds is 6. The number of carbonyl (C=O) groups excluding carboxylic acids is 1. The van der Waals surface area contributed by atoms with E-state index in [2.05, 4.69) is 4.98 Å². The number of fused-ring (bicyclic) bond motifs is 1. The first kappa shape index (κ1) is 20.9. The number of hydrogen-bond acceptors (Lipinski definition) is 7. The summed E-state index contributed by atoms with van der Waals surface area (Å²) < 4.78 is 16.5. The first-order valence-electron chi connectivity index (χ1n) is 9.87. The summed E-state index contributed by atoms with van der Waals surface area (Å²) in [4.78, 5) is 28.5. The van der Waals surface area contributed by atoms with Crippen LogP contribution in [0.3, 0.4) is 0 Å². The zero-order chi connectivity index (χ0) is 21.0. The summed E-state index contributed by atoms with van der Waals surface area (Å²) in [6.45, 7) is 7.46. The molecule has 1 aromatic carbocycles. The van der Waals surface area contributed by atoms with Crippen LogP contribution in [0.15, 0.2) is 22.6 Å². The van der Waals surface area contributed by atoms with Gasteiger partial charge in [-0.05, 0) is 58.4 Å². The highest BCUT2D eigenvalue weighted by atomic mass is 16.6. The van der Waals surface area contributed by atoms with Gasteiger partial charge in [0.2, 0.25) is 0 Å². The molecule has 1 amide bonds. The smallest absolute Gasteiger partial charge is 0.410 e. The first-order chi connectivity index (χ1) is 13.7. The lowest BCUT2D eigenvalue weighted by molar-refractivity contribution is -0.384. The number of aromatic nitrogens is 1. The Hall–Kier alpha value is -2.84. The molecule has 0 saturated carbocycles. The van der Waals surface area contributed by atoms with E-state index in [1.54, 1.807) is 4.90 Å². The average Bonchev–Trinajstić information content (AvgIpc) is 3.06. The predicted molar refractivity (Wildman–Crippen MR) is 106 cm³/mol. The summed E-state index contributed by atoms with van der Waals surface area (Å²) in [5, 5.41) is 10.8. The van der Waals surface area contributed by atoms with E-state index in [0.717, 1.165) is 32.2 Å². The lowest BCUT2D eigenvalue weighted by Gasteiger charge is -2.34. The Morgan fingerprint density at radius 1 is 1.41 bits per heavy atom. The van der Waals surface area contributed by atoms with E-state index in [9.17, 15) is 14.9 Å². The summed E-state index contributed by atoms with van der Waals surface area (Å²) in [7, 11) is 0.